The molecule has 0 amide bonds. The van der Waals surface area contributed by atoms with Crippen LogP contribution >= 0.6 is 0 Å². The largest absolute Gasteiger partial charge is 0.497 e. The predicted molar refractivity (Wildman–Crippen MR) is 66.6 cm³/mol. The summed E-state index contributed by atoms with van der Waals surface area (Å²) < 4.78 is 5.15. The van der Waals surface area contributed by atoms with Crippen LogP contribution in [0.3, 0.4) is 0 Å². The highest BCUT2D eigenvalue weighted by atomic mass is 16.5. The van der Waals surface area contributed by atoms with E-state index in [0.29, 0.717) is 0 Å². The summed E-state index contributed by atoms with van der Waals surface area (Å²) in [5.74, 6) is -0.532. The Morgan fingerprint density at radius 3 is 2.53 bits per heavy atom. The van der Waals surface area contributed by atoms with Gasteiger partial charge in [-0.3, -0.25) is 4.79 Å². The highest BCUT2D eigenvalue weighted by Crippen LogP contribution is 2.25. The number of rotatable bonds is 3. The van der Waals surface area contributed by atoms with E-state index in [0.717, 1.165) is 22.1 Å². The van der Waals surface area contributed by atoms with Crippen molar-refractivity contribution in [3.8, 4) is 5.75 Å². The lowest BCUT2D eigenvalue weighted by atomic mass is 9.98. The van der Waals surface area contributed by atoms with Crippen molar-refractivity contribution in [1.29, 1.82) is 0 Å². The maximum absolute atomic E-state index is 10.9. The average Bonchev–Trinajstić information content (AvgIpc) is 2.36. The Kier molecular flexibility index (Phi) is 3.00. The zero-order chi connectivity index (χ0) is 12.4. The van der Waals surface area contributed by atoms with Gasteiger partial charge in [0.05, 0.1) is 13.0 Å². The Hall–Kier alpha value is -2.03. The van der Waals surface area contributed by atoms with Gasteiger partial charge in [0, 0.05) is 0 Å². The molecule has 0 aliphatic carbocycles. The summed E-state index contributed by atoms with van der Waals surface area (Å²) in [7, 11) is 1.62. The quantitative estimate of drug-likeness (QED) is 0.881. The van der Waals surface area contributed by atoms with E-state index in [4.69, 9.17) is 9.84 Å². The van der Waals surface area contributed by atoms with Gasteiger partial charge in [0.25, 0.3) is 0 Å². The molecule has 0 spiro atoms. The van der Waals surface area contributed by atoms with E-state index >= 15 is 0 Å². The van der Waals surface area contributed by atoms with Crippen LogP contribution in [-0.2, 0) is 4.79 Å². The third-order valence-electron chi connectivity index (χ3n) is 2.94. The van der Waals surface area contributed by atoms with Crippen molar-refractivity contribution in [2.45, 2.75) is 12.8 Å². The number of hydrogen-bond donors (Lipinski definition) is 1. The van der Waals surface area contributed by atoms with Gasteiger partial charge in [0.15, 0.2) is 0 Å². The maximum Gasteiger partial charge on any atom is 0.310 e. The number of aliphatic carboxylic acids is 1. The summed E-state index contributed by atoms with van der Waals surface area (Å²) in [5, 5.41) is 11.1. The Bertz CT molecular complexity index is 560. The molecule has 17 heavy (non-hydrogen) atoms. The fourth-order valence-corrected chi connectivity index (χ4v) is 1.78. The third-order valence-corrected chi connectivity index (χ3v) is 2.94. The molecule has 0 aromatic heterocycles. The Morgan fingerprint density at radius 2 is 1.88 bits per heavy atom. The average molecular weight is 230 g/mol. The fourth-order valence-electron chi connectivity index (χ4n) is 1.78. The first-order chi connectivity index (χ1) is 8.11. The van der Waals surface area contributed by atoms with E-state index in [2.05, 4.69) is 0 Å². The third kappa shape index (κ3) is 2.23. The van der Waals surface area contributed by atoms with Crippen LogP contribution in [0.4, 0.5) is 0 Å². The molecule has 0 heterocycles. The standard InChI is InChI=1S/C14H14O3/c1-9(14(15)16)11-4-3-10-5-6-13(17-2)8-12(10)7-11/h3-9H,1-2H3,(H,15,16)/t9-/m1/s1. The van der Waals surface area contributed by atoms with Crippen molar-refractivity contribution < 1.29 is 14.6 Å². The van der Waals surface area contributed by atoms with Gasteiger partial charge in [0.2, 0.25) is 0 Å². The molecule has 0 unspecified atom stereocenters. The lowest BCUT2D eigenvalue weighted by molar-refractivity contribution is -0.138. The van der Waals surface area contributed by atoms with Crippen LogP contribution in [0, 0.1) is 0 Å². The SMILES string of the molecule is COc1ccc2ccc([C@@H](C)C(=O)O)cc2c1. The van der Waals surface area contributed by atoms with Crippen LogP contribution in [0.25, 0.3) is 10.8 Å². The van der Waals surface area contributed by atoms with Gasteiger partial charge in [0.1, 0.15) is 5.75 Å². The number of fused-ring (bicyclic) bond motifs is 1. The zero-order valence-electron chi connectivity index (χ0n) is 9.81. The minimum atomic E-state index is -0.813. The molecule has 0 aliphatic rings. The Balaban J connectivity index is 2.51. The molecule has 2 aromatic carbocycles. The summed E-state index contributed by atoms with van der Waals surface area (Å²) in [4.78, 5) is 10.9. The lowest BCUT2D eigenvalue weighted by Gasteiger charge is -2.08. The summed E-state index contributed by atoms with van der Waals surface area (Å²) in [6.45, 7) is 1.68. The molecular weight excluding hydrogens is 216 g/mol. The van der Waals surface area contributed by atoms with Crippen molar-refractivity contribution >= 4 is 16.7 Å². The summed E-state index contributed by atoms with van der Waals surface area (Å²) in [5.41, 5.74) is 0.804. The minimum Gasteiger partial charge on any atom is -0.497 e. The van der Waals surface area contributed by atoms with Gasteiger partial charge < -0.3 is 9.84 Å². The molecule has 1 N–H and O–H groups in total. The fraction of sp³-hybridized carbons (Fsp3) is 0.214. The number of benzene rings is 2. The van der Waals surface area contributed by atoms with Crippen LogP contribution in [0.5, 0.6) is 5.75 Å². The molecule has 0 saturated carbocycles. The second-order valence-corrected chi connectivity index (χ2v) is 4.03. The molecule has 0 bridgehead atoms. The first-order valence-corrected chi connectivity index (χ1v) is 5.42. The smallest absolute Gasteiger partial charge is 0.310 e. The van der Waals surface area contributed by atoms with Crippen LogP contribution in [-0.4, -0.2) is 18.2 Å². The normalized spacial score (nSPS) is 12.4. The minimum absolute atomic E-state index is 0.495. The molecule has 1 atom stereocenters. The lowest BCUT2D eigenvalue weighted by Crippen LogP contribution is -2.06. The van der Waals surface area contributed by atoms with E-state index < -0.39 is 11.9 Å². The molecule has 0 aliphatic heterocycles. The number of carboxylic acid groups (broad SMARTS) is 1. The molecule has 3 heteroatoms. The second-order valence-electron chi connectivity index (χ2n) is 4.03. The van der Waals surface area contributed by atoms with Crippen molar-refractivity contribution in [3.63, 3.8) is 0 Å². The highest BCUT2D eigenvalue weighted by Gasteiger charge is 2.13. The van der Waals surface area contributed by atoms with Gasteiger partial charge in [-0.25, -0.2) is 0 Å². The van der Waals surface area contributed by atoms with E-state index in [1.54, 1.807) is 14.0 Å². The van der Waals surface area contributed by atoms with Gasteiger partial charge in [-0.2, -0.15) is 0 Å². The molecule has 2 rings (SSSR count). The molecular formula is C14H14O3. The zero-order valence-corrected chi connectivity index (χ0v) is 9.81. The molecule has 0 radical (unpaired) electrons. The van der Waals surface area contributed by atoms with Gasteiger partial charge in [-0.05, 0) is 35.4 Å². The topological polar surface area (TPSA) is 46.5 Å². The molecule has 3 nitrogen and oxygen atoms in total. The Morgan fingerprint density at radius 1 is 1.18 bits per heavy atom. The van der Waals surface area contributed by atoms with Gasteiger partial charge in [-0.1, -0.05) is 24.3 Å². The van der Waals surface area contributed by atoms with Crippen molar-refractivity contribution in [2.24, 2.45) is 0 Å². The van der Waals surface area contributed by atoms with E-state index in [9.17, 15) is 4.79 Å². The number of carboxylic acids is 1. The number of ether oxygens (including phenoxy) is 1. The molecule has 88 valence electrons. The highest BCUT2D eigenvalue weighted by molar-refractivity contribution is 5.86. The Labute approximate surface area is 99.6 Å². The van der Waals surface area contributed by atoms with Crippen molar-refractivity contribution in [1.82, 2.24) is 0 Å². The second kappa shape index (κ2) is 4.45. The number of hydrogen-bond acceptors (Lipinski definition) is 2. The van der Waals surface area contributed by atoms with Crippen molar-refractivity contribution in [2.75, 3.05) is 7.11 Å². The first-order valence-electron chi connectivity index (χ1n) is 5.42. The predicted octanol–water partition coefficient (Wildman–Crippen LogP) is 3.04. The number of carbonyl (C=O) groups is 1. The van der Waals surface area contributed by atoms with E-state index in [1.807, 2.05) is 36.4 Å². The van der Waals surface area contributed by atoms with E-state index in [-0.39, 0.29) is 0 Å². The van der Waals surface area contributed by atoms with Gasteiger partial charge in [-0.15, -0.1) is 0 Å². The molecule has 0 saturated heterocycles. The van der Waals surface area contributed by atoms with E-state index in [1.165, 1.54) is 0 Å². The summed E-state index contributed by atoms with van der Waals surface area (Å²) >= 11 is 0. The first kappa shape index (κ1) is 11.5. The van der Waals surface area contributed by atoms with Crippen molar-refractivity contribution in [3.05, 3.63) is 42.0 Å². The molecule has 0 fully saturated rings. The monoisotopic (exact) mass is 230 g/mol. The van der Waals surface area contributed by atoms with Crippen LogP contribution in [0.2, 0.25) is 0 Å². The number of methoxy groups -OCH3 is 1. The molecule has 2 aromatic rings. The maximum atomic E-state index is 10.9. The summed E-state index contributed by atoms with van der Waals surface area (Å²) in [6, 6.07) is 11.5. The van der Waals surface area contributed by atoms with Gasteiger partial charge >= 0.3 is 5.97 Å². The van der Waals surface area contributed by atoms with Crippen LogP contribution < -0.4 is 4.74 Å². The summed E-state index contributed by atoms with van der Waals surface area (Å²) in [6.07, 6.45) is 0. The van der Waals surface area contributed by atoms with Crippen LogP contribution in [0.1, 0.15) is 18.4 Å². The van der Waals surface area contributed by atoms with Crippen LogP contribution in [0.15, 0.2) is 36.4 Å².